The van der Waals surface area contributed by atoms with Gasteiger partial charge in [0.05, 0.1) is 7.11 Å². The van der Waals surface area contributed by atoms with Crippen molar-refractivity contribution in [3.8, 4) is 16.2 Å². The van der Waals surface area contributed by atoms with Crippen LogP contribution in [0.25, 0.3) is 20.5 Å². The van der Waals surface area contributed by atoms with Crippen LogP contribution in [0.3, 0.4) is 0 Å². The Kier molecular flexibility index (Phi) is 6.56. The monoisotopic (exact) mass is 455 g/mol. The maximum atomic E-state index is 13.7. The number of fused-ring (bicyclic) bond motifs is 1. The molecule has 3 aromatic carbocycles. The highest BCUT2D eigenvalue weighted by molar-refractivity contribution is 7.22. The number of carbonyl (C=O) groups is 1. The Hall–Kier alpha value is -2.95. The first-order chi connectivity index (χ1) is 16.2. The summed E-state index contributed by atoms with van der Waals surface area (Å²) in [5.74, 6) is 0.884. The molecule has 0 N–H and O–H groups in total. The summed E-state index contributed by atoms with van der Waals surface area (Å²) in [6, 6.07) is 24.4. The molecular formula is C29H29NO2S. The van der Waals surface area contributed by atoms with Gasteiger partial charge in [0.25, 0.3) is 0 Å². The third-order valence-electron chi connectivity index (χ3n) is 6.51. The van der Waals surface area contributed by atoms with Crippen LogP contribution in [0.5, 0.6) is 5.75 Å². The number of likely N-dealkylation sites (tertiary alicyclic amines) is 1. The largest absolute Gasteiger partial charge is 0.497 e. The molecule has 5 rings (SSSR count). The zero-order valence-corrected chi connectivity index (χ0v) is 19.9. The summed E-state index contributed by atoms with van der Waals surface area (Å²) in [7, 11) is 1.67. The second kappa shape index (κ2) is 9.90. The van der Waals surface area contributed by atoms with E-state index in [-0.39, 0.29) is 5.78 Å². The molecule has 0 amide bonds. The first-order valence-corrected chi connectivity index (χ1v) is 12.6. The molecule has 33 heavy (non-hydrogen) atoms. The number of hydrogen-bond acceptors (Lipinski definition) is 4. The lowest BCUT2D eigenvalue weighted by Gasteiger charge is -2.14. The summed E-state index contributed by atoms with van der Waals surface area (Å²) < 4.78 is 6.48. The Morgan fingerprint density at radius 1 is 0.970 bits per heavy atom. The lowest BCUT2D eigenvalue weighted by Crippen LogP contribution is -2.20. The molecule has 0 unspecified atom stereocenters. The van der Waals surface area contributed by atoms with Crippen LogP contribution in [-0.4, -0.2) is 37.4 Å². The van der Waals surface area contributed by atoms with Crippen LogP contribution in [0.1, 0.15) is 40.7 Å². The van der Waals surface area contributed by atoms with E-state index >= 15 is 0 Å². The molecule has 3 nitrogen and oxygen atoms in total. The van der Waals surface area contributed by atoms with Crippen molar-refractivity contribution in [3.63, 3.8) is 0 Å². The number of ether oxygens (including phenoxy) is 1. The van der Waals surface area contributed by atoms with Crippen LogP contribution in [0.15, 0.2) is 72.8 Å². The van der Waals surface area contributed by atoms with Gasteiger partial charge in [-0.05, 0) is 74.6 Å². The Balaban J connectivity index is 1.42. The summed E-state index contributed by atoms with van der Waals surface area (Å²) in [5, 5.41) is 0.986. The van der Waals surface area contributed by atoms with E-state index in [4.69, 9.17) is 4.74 Å². The van der Waals surface area contributed by atoms with Gasteiger partial charge in [0.15, 0.2) is 5.78 Å². The van der Waals surface area contributed by atoms with Gasteiger partial charge in [-0.3, -0.25) is 4.79 Å². The minimum Gasteiger partial charge on any atom is -0.497 e. The number of benzene rings is 3. The summed E-state index contributed by atoms with van der Waals surface area (Å²) in [6.45, 7) is 3.67. The number of aryl methyl sites for hydroxylation is 1. The summed E-state index contributed by atoms with van der Waals surface area (Å²) in [5.41, 5.74) is 3.89. The van der Waals surface area contributed by atoms with E-state index in [1.54, 1.807) is 18.4 Å². The Morgan fingerprint density at radius 3 is 2.45 bits per heavy atom. The van der Waals surface area contributed by atoms with Crippen molar-refractivity contribution in [3.05, 3.63) is 89.5 Å². The molecule has 4 heteroatoms. The average molecular weight is 456 g/mol. The van der Waals surface area contributed by atoms with Crippen LogP contribution >= 0.6 is 11.3 Å². The average Bonchev–Trinajstić information content (AvgIpc) is 3.52. The molecule has 0 atom stereocenters. The molecule has 0 radical (unpaired) electrons. The van der Waals surface area contributed by atoms with Gasteiger partial charge in [0.1, 0.15) is 5.75 Å². The van der Waals surface area contributed by atoms with Crippen LogP contribution < -0.4 is 4.74 Å². The highest BCUT2D eigenvalue weighted by Crippen LogP contribution is 2.41. The zero-order chi connectivity index (χ0) is 22.6. The fraction of sp³-hybridized carbons (Fsp3) is 0.276. The second-order valence-electron chi connectivity index (χ2n) is 8.71. The predicted octanol–water partition coefficient (Wildman–Crippen LogP) is 6.84. The van der Waals surface area contributed by atoms with Crippen LogP contribution in [0, 0.1) is 0 Å². The molecule has 1 aromatic heterocycles. The lowest BCUT2D eigenvalue weighted by atomic mass is 9.96. The number of hydrogen-bond donors (Lipinski definition) is 0. The highest BCUT2D eigenvalue weighted by atomic mass is 32.1. The molecule has 4 aromatic rings. The standard InChI is InChI=1S/C29H29NO2S/c1-32-24-15-16-25-26(20-24)33-29(23-9-3-2-4-10-23)27(25)28(31)22-13-11-21(12-14-22)8-7-19-30-17-5-6-18-30/h2-4,9-16,20H,5-8,17-19H2,1H3. The Morgan fingerprint density at radius 2 is 1.73 bits per heavy atom. The molecule has 1 aliphatic heterocycles. The van der Waals surface area contributed by atoms with Crippen molar-refractivity contribution in [2.24, 2.45) is 0 Å². The van der Waals surface area contributed by atoms with Gasteiger partial charge in [0, 0.05) is 26.1 Å². The van der Waals surface area contributed by atoms with E-state index in [0.717, 1.165) is 43.8 Å². The molecule has 0 spiro atoms. The molecular weight excluding hydrogens is 426 g/mol. The Labute approximate surface area is 199 Å². The molecule has 1 fully saturated rings. The zero-order valence-electron chi connectivity index (χ0n) is 19.0. The second-order valence-corrected chi connectivity index (χ2v) is 9.76. The van der Waals surface area contributed by atoms with Gasteiger partial charge >= 0.3 is 0 Å². The van der Waals surface area contributed by atoms with Gasteiger partial charge in [0.2, 0.25) is 0 Å². The number of ketones is 1. The van der Waals surface area contributed by atoms with E-state index in [1.807, 2.05) is 48.5 Å². The third kappa shape index (κ3) is 4.73. The third-order valence-corrected chi connectivity index (χ3v) is 7.72. The topological polar surface area (TPSA) is 29.5 Å². The van der Waals surface area contributed by atoms with Crippen LogP contribution in [0.4, 0.5) is 0 Å². The molecule has 0 bridgehead atoms. The number of rotatable bonds is 8. The van der Waals surface area contributed by atoms with Gasteiger partial charge < -0.3 is 9.64 Å². The number of nitrogens with zero attached hydrogens (tertiary/aromatic N) is 1. The van der Waals surface area contributed by atoms with Crippen molar-refractivity contribution in [2.75, 3.05) is 26.7 Å². The number of thiophene rings is 1. The van der Waals surface area contributed by atoms with Crippen molar-refractivity contribution >= 4 is 27.2 Å². The van der Waals surface area contributed by atoms with Crippen molar-refractivity contribution in [1.29, 1.82) is 0 Å². The van der Waals surface area contributed by atoms with Gasteiger partial charge in [-0.25, -0.2) is 0 Å². The Bertz CT molecular complexity index is 1240. The fourth-order valence-electron chi connectivity index (χ4n) is 4.70. The SMILES string of the molecule is COc1ccc2c(C(=O)c3ccc(CCCN4CCCC4)cc3)c(-c3ccccc3)sc2c1. The van der Waals surface area contributed by atoms with E-state index in [2.05, 4.69) is 29.2 Å². The minimum atomic E-state index is 0.0777. The van der Waals surface area contributed by atoms with Crippen molar-refractivity contribution in [2.45, 2.75) is 25.7 Å². The smallest absolute Gasteiger partial charge is 0.195 e. The first-order valence-electron chi connectivity index (χ1n) is 11.7. The first kappa shape index (κ1) is 21.9. The van der Waals surface area contributed by atoms with Crippen LogP contribution in [0.2, 0.25) is 0 Å². The number of methoxy groups -OCH3 is 1. The highest BCUT2D eigenvalue weighted by Gasteiger charge is 2.22. The van der Waals surface area contributed by atoms with Gasteiger partial charge in [-0.2, -0.15) is 0 Å². The summed E-state index contributed by atoms with van der Waals surface area (Å²) in [6.07, 6.45) is 4.90. The molecule has 1 saturated heterocycles. The lowest BCUT2D eigenvalue weighted by molar-refractivity contribution is 0.104. The summed E-state index contributed by atoms with van der Waals surface area (Å²) in [4.78, 5) is 17.3. The fourth-order valence-corrected chi connectivity index (χ4v) is 5.94. The van der Waals surface area contributed by atoms with E-state index in [1.165, 1.54) is 44.5 Å². The quantitative estimate of drug-likeness (QED) is 0.273. The van der Waals surface area contributed by atoms with Crippen LogP contribution in [-0.2, 0) is 6.42 Å². The molecule has 0 aliphatic carbocycles. The normalized spacial score (nSPS) is 14.1. The van der Waals surface area contributed by atoms with E-state index < -0.39 is 0 Å². The van der Waals surface area contributed by atoms with E-state index in [0.29, 0.717) is 0 Å². The molecule has 1 aliphatic rings. The minimum absolute atomic E-state index is 0.0777. The maximum absolute atomic E-state index is 13.7. The summed E-state index contributed by atoms with van der Waals surface area (Å²) >= 11 is 1.65. The van der Waals surface area contributed by atoms with Gasteiger partial charge in [-0.15, -0.1) is 11.3 Å². The molecule has 0 saturated carbocycles. The molecule has 2 heterocycles. The van der Waals surface area contributed by atoms with Crippen molar-refractivity contribution in [1.82, 2.24) is 4.90 Å². The predicted molar refractivity (Wildman–Crippen MR) is 138 cm³/mol. The number of carbonyl (C=O) groups excluding carboxylic acids is 1. The molecule has 168 valence electrons. The van der Waals surface area contributed by atoms with E-state index in [9.17, 15) is 4.79 Å². The van der Waals surface area contributed by atoms with Gasteiger partial charge in [-0.1, -0.05) is 54.6 Å². The maximum Gasteiger partial charge on any atom is 0.195 e. The van der Waals surface area contributed by atoms with Crippen molar-refractivity contribution < 1.29 is 9.53 Å².